The summed E-state index contributed by atoms with van der Waals surface area (Å²) in [6.45, 7) is 12.1. The van der Waals surface area contributed by atoms with Crippen molar-refractivity contribution in [3.8, 4) is 11.4 Å². The minimum atomic E-state index is -0.335. The van der Waals surface area contributed by atoms with Crippen molar-refractivity contribution < 1.29 is 14.3 Å². The van der Waals surface area contributed by atoms with Gasteiger partial charge in [-0.15, -0.1) is 11.3 Å². The highest BCUT2D eigenvalue weighted by Crippen LogP contribution is 2.23. The van der Waals surface area contributed by atoms with Gasteiger partial charge in [-0.25, -0.2) is 4.98 Å². The van der Waals surface area contributed by atoms with Crippen LogP contribution in [0.15, 0.2) is 42.0 Å². The number of nitrogens with zero attached hydrogens (tertiary/aromatic N) is 3. The van der Waals surface area contributed by atoms with Crippen molar-refractivity contribution in [3.63, 3.8) is 0 Å². The van der Waals surface area contributed by atoms with Gasteiger partial charge >= 0.3 is 0 Å². The van der Waals surface area contributed by atoms with Crippen LogP contribution in [0.25, 0.3) is 11.4 Å². The van der Waals surface area contributed by atoms with Gasteiger partial charge in [-0.3, -0.25) is 14.6 Å². The Hall–Kier alpha value is -2.98. The van der Waals surface area contributed by atoms with Gasteiger partial charge in [-0.05, 0) is 50.1 Å². The lowest BCUT2D eigenvalue weighted by Gasteiger charge is -2.04. The molecule has 0 saturated heterocycles. The molecule has 0 aliphatic carbocycles. The van der Waals surface area contributed by atoms with E-state index in [1.165, 1.54) is 17.8 Å². The number of nitrogens with one attached hydrogen (secondary N) is 2. The van der Waals surface area contributed by atoms with E-state index in [-0.39, 0.29) is 18.4 Å². The fourth-order valence-electron chi connectivity index (χ4n) is 2.83. The molecule has 8 nitrogen and oxygen atoms in total. The number of thiazole rings is 1. The van der Waals surface area contributed by atoms with Crippen LogP contribution in [0.1, 0.15) is 49.7 Å². The van der Waals surface area contributed by atoms with Gasteiger partial charge in [-0.1, -0.05) is 33.7 Å². The van der Waals surface area contributed by atoms with E-state index < -0.39 is 0 Å². The van der Waals surface area contributed by atoms with Gasteiger partial charge in [0.05, 0.1) is 17.8 Å². The molecule has 0 unspecified atom stereocenters. The zero-order chi connectivity index (χ0) is 25.6. The summed E-state index contributed by atoms with van der Waals surface area (Å²) in [6, 6.07) is 7.38. The Morgan fingerprint density at radius 1 is 1.17 bits per heavy atom. The average molecular weight is 496 g/mol. The lowest BCUT2D eigenvalue weighted by molar-refractivity contribution is -0.115. The fraction of sp³-hybridized carbons (Fsp3) is 0.440. The first-order valence-electron chi connectivity index (χ1n) is 11.8. The number of pyridine rings is 1. The highest BCUT2D eigenvalue weighted by atomic mass is 32.1. The number of aromatic nitrogens is 3. The van der Waals surface area contributed by atoms with Crippen LogP contribution in [-0.4, -0.2) is 53.4 Å². The van der Waals surface area contributed by atoms with Gasteiger partial charge in [-0.2, -0.15) is 0 Å². The van der Waals surface area contributed by atoms with Crippen LogP contribution in [-0.2, 0) is 9.53 Å². The Kier molecular flexibility index (Phi) is 12.2. The largest absolute Gasteiger partial charge is 0.402 e. The molecule has 0 aliphatic rings. The van der Waals surface area contributed by atoms with E-state index in [1.807, 2.05) is 44.7 Å². The Labute approximate surface area is 212 Å². The predicted molar refractivity (Wildman–Crippen MR) is 143 cm³/mol. The summed E-state index contributed by atoms with van der Waals surface area (Å²) in [7, 11) is 1.83. The normalized spacial score (nSPS) is 10.5. The third kappa shape index (κ3) is 10.4. The van der Waals surface area contributed by atoms with Gasteiger partial charge in [0, 0.05) is 30.5 Å². The molecule has 3 aromatic heterocycles. The molecule has 2 amide bonds. The molecule has 0 aliphatic heterocycles. The summed E-state index contributed by atoms with van der Waals surface area (Å²) in [4.78, 5) is 32.8. The smallest absolute Gasteiger partial charge is 0.253 e. The summed E-state index contributed by atoms with van der Waals surface area (Å²) in [5, 5.41) is 7.57. The third-order valence-corrected chi connectivity index (χ3v) is 5.53. The molecule has 0 fully saturated rings. The van der Waals surface area contributed by atoms with Crippen LogP contribution < -0.4 is 10.6 Å². The number of aryl methyl sites for hydroxylation is 1. The van der Waals surface area contributed by atoms with Crippen LogP contribution in [0, 0.1) is 12.8 Å². The van der Waals surface area contributed by atoms with Crippen molar-refractivity contribution in [1.29, 1.82) is 0 Å². The maximum atomic E-state index is 12.0. The first-order valence-corrected chi connectivity index (χ1v) is 12.7. The van der Waals surface area contributed by atoms with E-state index in [1.54, 1.807) is 22.9 Å². The molecule has 3 rings (SSSR count). The Morgan fingerprint density at radius 2 is 1.97 bits per heavy atom. The van der Waals surface area contributed by atoms with E-state index in [0.717, 1.165) is 36.9 Å². The molecule has 0 spiro atoms. The number of rotatable bonds is 11. The molecule has 1 radical (unpaired) electrons. The van der Waals surface area contributed by atoms with Crippen LogP contribution in [0.5, 0.6) is 0 Å². The standard InChI is InChI=1S/C17H17BN5O2S.C8H18O/c1-11-4-3-5-13(20-11)14-10-26-17(21-14)22-15(24)8-19-16(25)12-6-7-23(9-12)18-2;1-4-6-9-7-5-8(2)3/h3-7,9-10H,8H2,1-2H3,(H,19,25)(H,21,22,24);8H,4-7H2,1-3H3. The van der Waals surface area contributed by atoms with Gasteiger partial charge < -0.3 is 19.8 Å². The van der Waals surface area contributed by atoms with E-state index >= 15 is 0 Å². The molecule has 0 bridgehead atoms. The fourth-order valence-corrected chi connectivity index (χ4v) is 3.55. The molecule has 3 aromatic rings. The minimum Gasteiger partial charge on any atom is -0.402 e. The van der Waals surface area contributed by atoms with Crippen molar-refractivity contribution in [1.82, 2.24) is 19.8 Å². The maximum Gasteiger partial charge on any atom is 0.253 e. The second kappa shape index (κ2) is 15.1. The summed E-state index contributed by atoms with van der Waals surface area (Å²) in [6.07, 6.45) is 5.79. The minimum absolute atomic E-state index is 0.128. The van der Waals surface area contributed by atoms with Crippen molar-refractivity contribution in [3.05, 3.63) is 53.3 Å². The van der Waals surface area contributed by atoms with Gasteiger partial charge in [0.15, 0.2) is 5.13 Å². The zero-order valence-corrected chi connectivity index (χ0v) is 22.0. The molecule has 3 heterocycles. The molecular formula is C25H35BN5O3S. The summed E-state index contributed by atoms with van der Waals surface area (Å²) in [5.74, 6) is 0.143. The SMILES string of the molecule is CCCOCCC(C)C.C[B]n1ccc(C(=O)NCC(=O)Nc2nc(-c3cccc(C)n3)cs2)c1. The summed E-state index contributed by atoms with van der Waals surface area (Å²) >= 11 is 1.31. The van der Waals surface area contributed by atoms with Crippen molar-refractivity contribution >= 4 is 35.7 Å². The topological polar surface area (TPSA) is 98.1 Å². The molecule has 35 heavy (non-hydrogen) atoms. The number of hydrogen-bond acceptors (Lipinski definition) is 6. The Bertz CT molecular complexity index is 1070. The number of anilines is 1. The molecule has 10 heteroatoms. The van der Waals surface area contributed by atoms with Crippen molar-refractivity contribution in [2.45, 2.75) is 47.4 Å². The van der Waals surface area contributed by atoms with Gasteiger partial charge in [0.25, 0.3) is 5.91 Å². The van der Waals surface area contributed by atoms with Gasteiger partial charge in [0.1, 0.15) is 5.69 Å². The molecule has 2 N–H and O–H groups in total. The summed E-state index contributed by atoms with van der Waals surface area (Å²) < 4.78 is 7.06. The lowest BCUT2D eigenvalue weighted by atomic mass is 10.0. The van der Waals surface area contributed by atoms with E-state index in [0.29, 0.717) is 16.4 Å². The molecule has 0 atom stereocenters. The average Bonchev–Trinajstić information content (AvgIpc) is 3.50. The van der Waals surface area contributed by atoms with Gasteiger partial charge in [0.2, 0.25) is 13.3 Å². The second-order valence-corrected chi connectivity index (χ2v) is 9.19. The van der Waals surface area contributed by atoms with Crippen molar-refractivity contribution in [2.24, 2.45) is 5.92 Å². The zero-order valence-electron chi connectivity index (χ0n) is 21.2. The molecular weight excluding hydrogens is 461 g/mol. The van der Waals surface area contributed by atoms with E-state index in [2.05, 4.69) is 41.4 Å². The van der Waals surface area contributed by atoms with E-state index in [4.69, 9.17) is 4.74 Å². The number of hydrogen-bond donors (Lipinski definition) is 2. The first-order chi connectivity index (χ1) is 16.8. The van der Waals surface area contributed by atoms with Crippen LogP contribution in [0.4, 0.5) is 5.13 Å². The highest BCUT2D eigenvalue weighted by molar-refractivity contribution is 7.14. The second-order valence-electron chi connectivity index (χ2n) is 8.33. The number of ether oxygens (including phenoxy) is 1. The monoisotopic (exact) mass is 496 g/mol. The summed E-state index contributed by atoms with van der Waals surface area (Å²) in [5.41, 5.74) is 2.86. The third-order valence-electron chi connectivity index (χ3n) is 4.77. The van der Waals surface area contributed by atoms with Crippen LogP contribution in [0.2, 0.25) is 6.82 Å². The molecule has 187 valence electrons. The van der Waals surface area contributed by atoms with Crippen molar-refractivity contribution in [2.75, 3.05) is 25.1 Å². The molecule has 0 aromatic carbocycles. The first kappa shape index (κ1) is 28.3. The highest BCUT2D eigenvalue weighted by Gasteiger charge is 2.12. The Balaban J connectivity index is 0.000000410. The van der Waals surface area contributed by atoms with E-state index in [9.17, 15) is 9.59 Å². The number of carbonyl (C=O) groups is 2. The molecule has 0 saturated carbocycles. The predicted octanol–water partition coefficient (Wildman–Crippen LogP) is 4.66. The van der Waals surface area contributed by atoms with Crippen LogP contribution >= 0.6 is 11.3 Å². The quantitative estimate of drug-likeness (QED) is 0.297. The number of amides is 2. The van der Waals surface area contributed by atoms with Crippen LogP contribution in [0.3, 0.4) is 0 Å². The number of carbonyl (C=O) groups excluding carboxylic acids is 2. The maximum absolute atomic E-state index is 12.0. The Morgan fingerprint density at radius 3 is 2.63 bits per heavy atom. The lowest BCUT2D eigenvalue weighted by Crippen LogP contribution is -2.32.